The van der Waals surface area contributed by atoms with Crippen LogP contribution in [0.4, 0.5) is 4.39 Å². The Bertz CT molecular complexity index is 6230. The van der Waals surface area contributed by atoms with Crippen molar-refractivity contribution in [2.75, 3.05) is 0 Å². The maximum atomic E-state index is 14.7. The summed E-state index contributed by atoms with van der Waals surface area (Å²) in [6.07, 6.45) is 1.42. The normalized spacial score (nSPS) is 11.5. The van der Waals surface area contributed by atoms with Crippen LogP contribution in [0.1, 0.15) is 224 Å². The predicted octanol–water partition coefficient (Wildman–Crippen LogP) is 27.5. The number of hydrogen-bond donors (Lipinski definition) is 0. The average molecular weight is 1570 g/mol. The van der Waals surface area contributed by atoms with Gasteiger partial charge in [-0.25, -0.2) is 4.39 Å². The van der Waals surface area contributed by atoms with Crippen molar-refractivity contribution in [2.24, 2.45) is 35.2 Å². The van der Waals surface area contributed by atoms with Gasteiger partial charge in [-0.3, -0.25) is 0 Å². The topological polar surface area (TPSA) is 19.4 Å². The minimum Gasteiger partial charge on any atom is -0.206 e. The second-order valence-electron chi connectivity index (χ2n) is 35.5. The summed E-state index contributed by atoms with van der Waals surface area (Å²) in [5.74, 6) is 2.64. The molecule has 0 saturated heterocycles. The molecule has 0 unspecified atom stereocenters. The smallest absolute Gasteiger partial charge is 0.206 e. The van der Waals surface area contributed by atoms with Crippen LogP contribution in [0.5, 0.6) is 0 Å². The van der Waals surface area contributed by atoms with Crippen molar-refractivity contribution in [2.45, 2.75) is 216 Å². The SMILES string of the molecule is CCc1cc2c(ccc(-c3cc(C)cc(C)c3C)[n+]2C)c(CC)c1F.Cc1cc(C)c(C)c(-c2ccc3c(C(C)C)cc(C(C)C)cc3[n+]2C)c1.Cc1cc(C)c(C)c(-c2ccc3c(C(C)C)cccc3[n+]2C)c1.Cc1ccc(C)c(-c2ccc3c(C(C)C)cccc3[n+]2C)c1.Cc1ccc(C)c(-c2ccc3ccc(C(C)C)cc3[n+]2C)c1. The van der Waals surface area contributed by atoms with Crippen LogP contribution >= 0.6 is 0 Å². The highest BCUT2D eigenvalue weighted by molar-refractivity contribution is 5.87. The van der Waals surface area contributed by atoms with Crippen LogP contribution < -0.4 is 22.8 Å². The van der Waals surface area contributed by atoms with E-state index in [0.717, 1.165) is 22.0 Å². The van der Waals surface area contributed by atoms with Crippen molar-refractivity contribution in [1.29, 1.82) is 0 Å². The minimum atomic E-state index is -0.0344. The summed E-state index contributed by atoms with van der Waals surface area (Å²) in [4.78, 5) is 0. The van der Waals surface area contributed by atoms with E-state index >= 15 is 0 Å². The molecule has 15 rings (SSSR count). The molecule has 0 bridgehead atoms. The van der Waals surface area contributed by atoms with Crippen LogP contribution in [0.15, 0.2) is 206 Å². The summed E-state index contributed by atoms with van der Waals surface area (Å²) < 4.78 is 26.3. The van der Waals surface area contributed by atoms with E-state index < -0.39 is 0 Å². The lowest BCUT2D eigenvalue weighted by atomic mass is 9.91. The van der Waals surface area contributed by atoms with Gasteiger partial charge < -0.3 is 0 Å². The Kier molecular flexibility index (Phi) is 27.6. The summed E-state index contributed by atoms with van der Waals surface area (Å²) in [7, 11) is 10.8. The molecule has 10 aromatic carbocycles. The molecule has 0 atom stereocenters. The molecule has 15 aromatic rings. The number of nitrogens with zero attached hydrogens (tertiary/aromatic N) is 5. The highest BCUT2D eigenvalue weighted by atomic mass is 19.1. The number of halogens is 1. The maximum absolute atomic E-state index is 14.7. The highest BCUT2D eigenvalue weighted by Gasteiger charge is 2.27. The number of pyridine rings is 5. The van der Waals surface area contributed by atoms with Crippen LogP contribution in [0, 0.1) is 95.8 Å². The van der Waals surface area contributed by atoms with Crippen molar-refractivity contribution in [1.82, 2.24) is 0 Å². The Balaban J connectivity index is 0.000000145. The van der Waals surface area contributed by atoms with Gasteiger partial charge in [0.1, 0.15) is 41.1 Å². The highest BCUT2D eigenvalue weighted by Crippen LogP contribution is 2.37. The molecule has 0 aliphatic heterocycles. The monoisotopic (exact) mass is 1570 g/mol. The molecule has 0 aliphatic rings. The molecule has 0 fully saturated rings. The Morgan fingerprint density at radius 1 is 0.263 bits per heavy atom. The first kappa shape index (κ1) is 88.0. The van der Waals surface area contributed by atoms with Crippen molar-refractivity contribution >= 4 is 54.5 Å². The molecule has 608 valence electrons. The van der Waals surface area contributed by atoms with Crippen molar-refractivity contribution in [3.8, 4) is 56.3 Å². The second-order valence-corrected chi connectivity index (χ2v) is 35.5. The fraction of sp³-hybridized carbons (Fsp3) is 0.330. The van der Waals surface area contributed by atoms with E-state index in [4.69, 9.17) is 0 Å². The number of rotatable bonds is 12. The number of benzene rings is 10. The van der Waals surface area contributed by atoms with E-state index in [1.807, 2.05) is 19.9 Å². The molecule has 0 amide bonds. The molecular weight excluding hydrogens is 1430 g/mol. The standard InChI is InChI=1S/C25H32N.C23H27FN.C22H26N.2C21H24N/c1-15(2)20-13-22(16(3)4)21-9-10-24(26(8)25(21)14-20)23-12-17(5)11-18(6)19(23)7;1-7-17-13-22-19(18(8-2)23(17)24)9-10-21(25(22)6)20-12-14(3)11-15(4)16(20)5;1-14(2)18-8-7-9-21-19(18)10-11-22(23(21)6)20-13-15(3)12-16(4)17(20)5;1-14(2)18-9-8-17-10-11-20(22(5)21(17)13-18)19-12-15(3)6-7-16(19)4;1-14(2)17-7-6-8-20-18(17)11-12-21(22(20)5)19-13-15(3)9-10-16(19)4/h9-16H,1-8H3;9-13H,7-8H2,1-6H3;7-14H,1-6H3;2*6-14H,1-5H3/q5*+1. The number of aromatic nitrogens is 5. The third kappa shape index (κ3) is 18.4. The van der Waals surface area contributed by atoms with Gasteiger partial charge in [-0.15, -0.1) is 0 Å². The second kappa shape index (κ2) is 37.0. The summed E-state index contributed by atoms with van der Waals surface area (Å²) in [5, 5.41) is 6.40. The van der Waals surface area contributed by atoms with Crippen LogP contribution in [0.25, 0.3) is 111 Å². The van der Waals surface area contributed by atoms with E-state index in [1.165, 1.54) is 200 Å². The molecule has 5 aromatic heterocycles. The summed E-state index contributed by atoms with van der Waals surface area (Å²) in [6, 6.07) is 76.2. The molecule has 0 saturated carbocycles. The fourth-order valence-electron chi connectivity index (χ4n) is 17.6. The van der Waals surface area contributed by atoms with Gasteiger partial charge in [0.2, 0.25) is 56.1 Å². The molecule has 0 N–H and O–H groups in total. The molecular formula is C112H133FN5+5. The fourth-order valence-corrected chi connectivity index (χ4v) is 17.6. The number of aryl methyl sites for hydroxylation is 17. The third-order valence-electron chi connectivity index (χ3n) is 25.2. The molecule has 0 aliphatic carbocycles. The van der Waals surface area contributed by atoms with Crippen LogP contribution in [0.3, 0.4) is 0 Å². The molecule has 0 spiro atoms. The zero-order chi connectivity index (χ0) is 85.9. The lowest BCUT2D eigenvalue weighted by Crippen LogP contribution is -2.32. The molecule has 118 heavy (non-hydrogen) atoms. The molecule has 5 nitrogen and oxygen atoms in total. The summed E-state index contributed by atoms with van der Waals surface area (Å²) in [6.45, 7) is 55.1. The van der Waals surface area contributed by atoms with E-state index in [0.29, 0.717) is 42.4 Å². The van der Waals surface area contributed by atoms with Gasteiger partial charge in [0.25, 0.3) is 0 Å². The van der Waals surface area contributed by atoms with Gasteiger partial charge in [-0.05, 0) is 277 Å². The first-order valence-electron chi connectivity index (χ1n) is 43.2. The third-order valence-corrected chi connectivity index (χ3v) is 25.2. The van der Waals surface area contributed by atoms with Gasteiger partial charge >= 0.3 is 0 Å². The number of hydrogen-bond acceptors (Lipinski definition) is 0. The predicted molar refractivity (Wildman–Crippen MR) is 504 cm³/mol. The van der Waals surface area contributed by atoms with E-state index in [2.05, 4.69) is 418 Å². The largest absolute Gasteiger partial charge is 0.213 e. The molecule has 5 heterocycles. The van der Waals surface area contributed by atoms with Gasteiger partial charge in [0.05, 0.1) is 5.39 Å². The Morgan fingerprint density at radius 2 is 0.602 bits per heavy atom. The van der Waals surface area contributed by atoms with E-state index in [-0.39, 0.29) is 5.82 Å². The minimum absolute atomic E-state index is 0.0344. The summed E-state index contributed by atoms with van der Waals surface area (Å²) in [5.41, 5.74) is 45.1. The van der Waals surface area contributed by atoms with Crippen molar-refractivity contribution in [3.05, 3.63) is 323 Å². The van der Waals surface area contributed by atoms with Crippen LogP contribution in [-0.2, 0) is 48.1 Å². The van der Waals surface area contributed by atoms with Crippen molar-refractivity contribution < 1.29 is 27.2 Å². The summed E-state index contributed by atoms with van der Waals surface area (Å²) >= 11 is 0. The quantitative estimate of drug-likeness (QED) is 0.109. The van der Waals surface area contributed by atoms with Gasteiger partial charge in [-0.2, -0.15) is 22.8 Å². The first-order valence-corrected chi connectivity index (χ1v) is 43.2. The first-order chi connectivity index (χ1) is 55.9. The van der Waals surface area contributed by atoms with Gasteiger partial charge in [-0.1, -0.05) is 190 Å². The average Bonchev–Trinajstić information content (AvgIpc) is 0.776. The Hall–Kier alpha value is -10.8. The number of fused-ring (bicyclic) bond motifs is 5. The van der Waals surface area contributed by atoms with Crippen LogP contribution in [0.2, 0.25) is 0 Å². The maximum Gasteiger partial charge on any atom is 0.213 e. The van der Waals surface area contributed by atoms with Crippen molar-refractivity contribution in [3.63, 3.8) is 0 Å². The van der Waals surface area contributed by atoms with Gasteiger partial charge in [0, 0.05) is 116 Å². The molecule has 6 heteroatoms. The van der Waals surface area contributed by atoms with E-state index in [9.17, 15) is 4.39 Å². The lowest BCUT2D eigenvalue weighted by Gasteiger charge is -2.15. The Morgan fingerprint density at radius 3 is 0.992 bits per heavy atom. The molecule has 0 radical (unpaired) electrons. The van der Waals surface area contributed by atoms with Crippen LogP contribution in [-0.4, -0.2) is 0 Å². The van der Waals surface area contributed by atoms with E-state index in [1.54, 1.807) is 0 Å². The zero-order valence-electron chi connectivity index (χ0n) is 77.0. The Labute approximate surface area is 707 Å². The lowest BCUT2D eigenvalue weighted by molar-refractivity contribution is -0.633. The van der Waals surface area contributed by atoms with Gasteiger partial charge in [0.15, 0.2) is 0 Å². The zero-order valence-corrected chi connectivity index (χ0v) is 77.0.